The van der Waals surface area contributed by atoms with Crippen LogP contribution < -0.4 is 14.4 Å². The highest BCUT2D eigenvalue weighted by atomic mass is 35.5. The molecule has 2 aromatic carbocycles. The number of nitrogens with zero attached hydrogens (tertiary/aromatic N) is 2. The van der Waals surface area contributed by atoms with Crippen LogP contribution in [0.5, 0.6) is 11.5 Å². The molecule has 0 radical (unpaired) electrons. The van der Waals surface area contributed by atoms with Crippen molar-refractivity contribution in [2.75, 3.05) is 32.3 Å². The number of carbonyl (C=O) groups is 2. The molecular weight excluding hydrogens is 568 g/mol. The number of hydrogen-bond donors (Lipinski definition) is 2. The van der Waals surface area contributed by atoms with Crippen molar-refractivity contribution in [3.63, 3.8) is 0 Å². The van der Waals surface area contributed by atoms with Crippen LogP contribution >= 0.6 is 22.9 Å². The first-order chi connectivity index (χ1) is 19.5. The number of hydrogen-bond acceptors (Lipinski definition) is 8. The topological polar surface area (TPSA) is 118 Å². The van der Waals surface area contributed by atoms with E-state index in [1.54, 1.807) is 43.4 Å². The van der Waals surface area contributed by atoms with E-state index in [0.29, 0.717) is 55.3 Å². The third-order valence-electron chi connectivity index (χ3n) is 6.96. The number of anilines is 1. The summed E-state index contributed by atoms with van der Waals surface area (Å²) in [7, 11) is 3.09. The fraction of sp³-hybridized carbons (Fsp3) is 0.433. The van der Waals surface area contributed by atoms with Crippen LogP contribution in [-0.2, 0) is 33.6 Å². The monoisotopic (exact) mass is 602 g/mol. The molecule has 3 aromatic rings. The number of aliphatic hydroxyl groups is 1. The number of rotatable bonds is 11. The van der Waals surface area contributed by atoms with E-state index in [-0.39, 0.29) is 31.9 Å². The smallest absolute Gasteiger partial charge is 0.308 e. The maximum atomic E-state index is 14.3. The van der Waals surface area contributed by atoms with Crippen LogP contribution in [0, 0.1) is 5.41 Å². The molecule has 0 bridgehead atoms. The van der Waals surface area contributed by atoms with Gasteiger partial charge in [0.15, 0.2) is 11.5 Å². The number of para-hydroxylation sites is 1. The first-order valence-electron chi connectivity index (χ1n) is 13.3. The molecule has 41 heavy (non-hydrogen) atoms. The Labute approximate surface area is 248 Å². The highest BCUT2D eigenvalue weighted by Crippen LogP contribution is 2.45. The number of aliphatic hydroxyl groups excluding tert-OH is 1. The average molecular weight is 603 g/mol. The van der Waals surface area contributed by atoms with Crippen molar-refractivity contribution in [1.29, 1.82) is 0 Å². The molecule has 1 aliphatic rings. The second kappa shape index (κ2) is 12.8. The number of aryl methyl sites for hydroxylation is 1. The van der Waals surface area contributed by atoms with Crippen molar-refractivity contribution < 1.29 is 34.0 Å². The lowest BCUT2D eigenvalue weighted by Gasteiger charge is -2.32. The van der Waals surface area contributed by atoms with E-state index in [1.807, 2.05) is 32.9 Å². The lowest BCUT2D eigenvalue weighted by molar-refractivity contribution is -0.136. The van der Waals surface area contributed by atoms with Gasteiger partial charge in [-0.25, -0.2) is 4.98 Å². The summed E-state index contributed by atoms with van der Waals surface area (Å²) in [6, 6.07) is 10.7. The molecule has 0 saturated heterocycles. The number of aliphatic carboxylic acids is 1. The summed E-state index contributed by atoms with van der Waals surface area (Å²) >= 11 is 7.77. The number of amides is 1. The molecule has 11 heteroatoms. The number of aromatic nitrogens is 1. The molecule has 2 N–H and O–H groups in total. The molecule has 2 atom stereocenters. The third kappa shape index (κ3) is 6.67. The molecule has 0 saturated carbocycles. The van der Waals surface area contributed by atoms with Crippen LogP contribution in [0.2, 0.25) is 5.02 Å². The van der Waals surface area contributed by atoms with E-state index < -0.39 is 23.6 Å². The summed E-state index contributed by atoms with van der Waals surface area (Å²) in [6.07, 6.45) is -1.18. The van der Waals surface area contributed by atoms with Crippen molar-refractivity contribution in [2.24, 2.45) is 5.41 Å². The summed E-state index contributed by atoms with van der Waals surface area (Å²) < 4.78 is 18.0. The molecule has 0 unspecified atom stereocenters. The Morgan fingerprint density at radius 1 is 1.20 bits per heavy atom. The Balaban J connectivity index is 1.88. The molecule has 0 aliphatic carbocycles. The average Bonchev–Trinajstić information content (AvgIpc) is 3.29. The first-order valence-corrected chi connectivity index (χ1v) is 14.5. The number of carbonyl (C=O) groups excluding carboxylic acids is 1. The number of thiazole rings is 1. The molecule has 1 amide bonds. The minimum atomic E-state index is -0.981. The Morgan fingerprint density at radius 2 is 1.95 bits per heavy atom. The summed E-state index contributed by atoms with van der Waals surface area (Å²) in [6.45, 7) is 5.77. The molecule has 2 heterocycles. The van der Waals surface area contributed by atoms with Gasteiger partial charge >= 0.3 is 5.97 Å². The quantitative estimate of drug-likeness (QED) is 0.312. The van der Waals surface area contributed by atoms with Crippen LogP contribution in [0.3, 0.4) is 0 Å². The van der Waals surface area contributed by atoms with Crippen molar-refractivity contribution in [3.05, 3.63) is 68.1 Å². The Hall–Kier alpha value is -3.18. The van der Waals surface area contributed by atoms with Gasteiger partial charge in [-0.3, -0.25) is 9.59 Å². The number of methoxy groups -OCH3 is 2. The molecule has 0 fully saturated rings. The molecule has 9 nitrogen and oxygen atoms in total. The molecular formula is C30H35ClN2O7S. The van der Waals surface area contributed by atoms with Gasteiger partial charge in [-0.2, -0.15) is 0 Å². The van der Waals surface area contributed by atoms with Crippen molar-refractivity contribution in [2.45, 2.75) is 52.2 Å². The fourth-order valence-corrected chi connectivity index (χ4v) is 6.30. The summed E-state index contributed by atoms with van der Waals surface area (Å²) in [4.78, 5) is 32.7. The normalized spacial score (nSPS) is 17.2. The standard InChI is InChI=1S/C30H35ClN2O7S/c1-6-20-24(14-26(35)36)41-25(32-20)13-23-29(37)33(15-30(2,3)16-34)21-11-10-17(31)12-19(21)27(40-23)18-8-7-9-22(38-4)28(18)39-5/h7-12,23,27,34H,6,13-16H2,1-5H3,(H,35,36)/t23-,27-/m1/s1. The Bertz CT molecular complexity index is 1420. The zero-order valence-corrected chi connectivity index (χ0v) is 25.3. The van der Waals surface area contributed by atoms with Crippen molar-refractivity contribution >= 4 is 40.5 Å². The summed E-state index contributed by atoms with van der Waals surface area (Å²) in [5, 5.41) is 20.5. The Morgan fingerprint density at radius 3 is 2.59 bits per heavy atom. The van der Waals surface area contributed by atoms with E-state index in [1.165, 1.54) is 11.3 Å². The van der Waals surface area contributed by atoms with Crippen LogP contribution in [0.1, 0.15) is 53.6 Å². The van der Waals surface area contributed by atoms with Gasteiger partial charge in [-0.15, -0.1) is 11.3 Å². The highest BCUT2D eigenvalue weighted by molar-refractivity contribution is 7.11. The zero-order valence-electron chi connectivity index (χ0n) is 23.8. The van der Waals surface area contributed by atoms with Gasteiger partial charge in [-0.05, 0) is 30.7 Å². The number of ether oxygens (including phenoxy) is 3. The van der Waals surface area contributed by atoms with Crippen LogP contribution in [0.4, 0.5) is 5.69 Å². The summed E-state index contributed by atoms with van der Waals surface area (Å²) in [5.41, 5.74) is 2.01. The molecule has 1 aliphatic heterocycles. The molecule has 1 aromatic heterocycles. The van der Waals surface area contributed by atoms with E-state index in [9.17, 15) is 19.8 Å². The maximum absolute atomic E-state index is 14.3. The summed E-state index contributed by atoms with van der Waals surface area (Å²) in [5.74, 6) is -0.264. The van der Waals surface area contributed by atoms with Crippen molar-refractivity contribution in [3.8, 4) is 11.5 Å². The van der Waals surface area contributed by atoms with Crippen LogP contribution in [0.25, 0.3) is 0 Å². The number of benzene rings is 2. The van der Waals surface area contributed by atoms with E-state index in [0.717, 1.165) is 0 Å². The SMILES string of the molecule is CCc1nc(C[C@H]2O[C@H](c3cccc(OC)c3OC)c3cc(Cl)ccc3N(CC(C)(C)CO)C2=O)sc1CC(=O)O. The van der Waals surface area contributed by atoms with Gasteiger partial charge in [0.1, 0.15) is 12.2 Å². The zero-order chi connectivity index (χ0) is 29.9. The van der Waals surface area contributed by atoms with Crippen LogP contribution in [-0.4, -0.2) is 60.5 Å². The lowest BCUT2D eigenvalue weighted by Crippen LogP contribution is -2.45. The Kier molecular flexibility index (Phi) is 9.59. The van der Waals surface area contributed by atoms with Gasteiger partial charge in [-0.1, -0.05) is 44.5 Å². The molecule has 220 valence electrons. The van der Waals surface area contributed by atoms with Crippen molar-refractivity contribution in [1.82, 2.24) is 4.98 Å². The number of fused-ring (bicyclic) bond motifs is 1. The van der Waals surface area contributed by atoms with Gasteiger partial charge in [0, 0.05) is 51.7 Å². The molecule has 4 rings (SSSR count). The second-order valence-corrected chi connectivity index (χ2v) is 12.2. The first kappa shape index (κ1) is 30.8. The third-order valence-corrected chi connectivity index (χ3v) is 8.32. The van der Waals surface area contributed by atoms with E-state index in [4.69, 9.17) is 25.8 Å². The second-order valence-electron chi connectivity index (χ2n) is 10.6. The molecule has 0 spiro atoms. The highest BCUT2D eigenvalue weighted by Gasteiger charge is 2.40. The minimum absolute atomic E-state index is 0.134. The van der Waals surface area contributed by atoms with Gasteiger partial charge in [0.05, 0.1) is 31.3 Å². The van der Waals surface area contributed by atoms with Gasteiger partial charge < -0.3 is 29.3 Å². The largest absolute Gasteiger partial charge is 0.493 e. The van der Waals surface area contributed by atoms with E-state index >= 15 is 0 Å². The lowest BCUT2D eigenvalue weighted by atomic mass is 9.92. The van der Waals surface area contributed by atoms with Gasteiger partial charge in [0.2, 0.25) is 0 Å². The van der Waals surface area contributed by atoms with Crippen LogP contribution in [0.15, 0.2) is 36.4 Å². The van der Waals surface area contributed by atoms with E-state index in [2.05, 4.69) is 4.98 Å². The fourth-order valence-electron chi connectivity index (χ4n) is 4.94. The maximum Gasteiger partial charge on any atom is 0.308 e. The predicted molar refractivity (Wildman–Crippen MR) is 157 cm³/mol. The number of carboxylic acids is 1. The van der Waals surface area contributed by atoms with Gasteiger partial charge in [0.25, 0.3) is 5.91 Å². The number of halogens is 1. The number of carboxylic acid groups (broad SMARTS) is 1. The predicted octanol–water partition coefficient (Wildman–Crippen LogP) is 5.09. The minimum Gasteiger partial charge on any atom is -0.493 e.